The maximum atomic E-state index is 3.45. The van der Waals surface area contributed by atoms with Gasteiger partial charge in [0.25, 0.3) is 0 Å². The van der Waals surface area contributed by atoms with E-state index in [4.69, 9.17) is 0 Å². The Morgan fingerprint density at radius 3 is 1.21 bits per heavy atom. The van der Waals surface area contributed by atoms with E-state index in [1.54, 1.807) is 6.08 Å². The number of hydrogen-bond acceptors (Lipinski definition) is 0. The molecule has 0 unspecified atom stereocenters. The molecule has 14 heavy (non-hydrogen) atoms. The Kier molecular flexibility index (Phi) is 11.5. The molecule has 0 saturated carbocycles. The fourth-order valence-corrected chi connectivity index (χ4v) is 0.642. The van der Waals surface area contributed by atoms with E-state index in [2.05, 4.69) is 6.58 Å². The molecule has 0 nitrogen and oxygen atoms in total. The van der Waals surface area contributed by atoms with Crippen molar-refractivity contribution in [2.75, 3.05) is 0 Å². The molecule has 1 heteroatoms. The first kappa shape index (κ1) is 13.2. The van der Waals surface area contributed by atoms with Gasteiger partial charge in [-0.2, -0.15) is 36.4 Å². The van der Waals surface area contributed by atoms with Gasteiger partial charge in [-0.25, -0.2) is 24.3 Å². The molecule has 0 atom stereocenters. The first-order valence-electron chi connectivity index (χ1n) is 4.36. The van der Waals surface area contributed by atoms with Crippen molar-refractivity contribution in [2.24, 2.45) is 0 Å². The third-order valence-electron chi connectivity index (χ3n) is 1.23. The van der Waals surface area contributed by atoms with Crippen molar-refractivity contribution in [3.8, 4) is 0 Å². The first-order chi connectivity index (χ1) is 6.91. The van der Waals surface area contributed by atoms with E-state index < -0.39 is 0 Å². The molecule has 0 saturated heterocycles. The Hall–Kier alpha value is -0.807. The van der Waals surface area contributed by atoms with E-state index >= 15 is 0 Å². The average molecular weight is 261 g/mol. The summed E-state index contributed by atoms with van der Waals surface area (Å²) in [6.45, 7) is 3.45. The second-order valence-electron chi connectivity index (χ2n) is 2.33. The van der Waals surface area contributed by atoms with Gasteiger partial charge >= 0.3 is 40.6 Å². The van der Waals surface area contributed by atoms with Crippen LogP contribution in [0.5, 0.6) is 0 Å². The normalized spacial score (nSPS) is 7.29. The zero-order valence-corrected chi connectivity index (χ0v) is 10.6. The largest absolute Gasteiger partial charge is 0.214 e. The summed E-state index contributed by atoms with van der Waals surface area (Å²) in [7, 11) is 0. The molecule has 0 aromatic heterocycles. The Morgan fingerprint density at radius 2 is 1.14 bits per heavy atom. The molecule has 0 bridgehead atoms. The van der Waals surface area contributed by atoms with Crippen LogP contribution in [0, 0.1) is 0 Å². The molecule has 2 aromatic rings. The molecule has 0 aliphatic carbocycles. The molecule has 0 amide bonds. The summed E-state index contributed by atoms with van der Waals surface area (Å²) in [6, 6.07) is 20.0. The van der Waals surface area contributed by atoms with Crippen LogP contribution in [0.3, 0.4) is 0 Å². The summed E-state index contributed by atoms with van der Waals surface area (Å²) >= 11 is 1.43. The van der Waals surface area contributed by atoms with Crippen molar-refractivity contribution in [3.05, 3.63) is 73.3 Å². The molecule has 0 fully saturated rings. The van der Waals surface area contributed by atoms with Crippen molar-refractivity contribution >= 4 is 3.71 Å². The third-order valence-corrected chi connectivity index (χ3v) is 1.81. The molecule has 0 N–H and O–H groups in total. The van der Waals surface area contributed by atoms with E-state index in [1.807, 2.05) is 64.4 Å². The van der Waals surface area contributed by atoms with Crippen LogP contribution in [-0.4, -0.2) is 3.71 Å². The summed E-state index contributed by atoms with van der Waals surface area (Å²) in [4.78, 5) is 0. The molecule has 0 heterocycles. The molecule has 0 aliphatic heterocycles. The molecule has 2 rings (SSSR count). The summed E-state index contributed by atoms with van der Waals surface area (Å²) in [5.74, 6) is 0. The summed E-state index contributed by atoms with van der Waals surface area (Å²) in [5.41, 5.74) is 0. The van der Waals surface area contributed by atoms with E-state index in [9.17, 15) is 0 Å². The topological polar surface area (TPSA) is 0 Å². The molecular formula is C13H14Zr. The van der Waals surface area contributed by atoms with Gasteiger partial charge < -0.3 is 0 Å². The van der Waals surface area contributed by atoms with E-state index in [0.717, 1.165) is 0 Å². The van der Waals surface area contributed by atoms with Crippen LogP contribution in [0.2, 0.25) is 0 Å². The second-order valence-corrected chi connectivity index (χ2v) is 3.15. The van der Waals surface area contributed by atoms with Gasteiger partial charge in [0, 0.05) is 0 Å². The van der Waals surface area contributed by atoms with E-state index in [-0.39, 0.29) is 0 Å². The van der Waals surface area contributed by atoms with Crippen LogP contribution in [0.4, 0.5) is 0 Å². The van der Waals surface area contributed by atoms with Crippen LogP contribution in [0.25, 0.3) is 0 Å². The molecule has 0 radical (unpaired) electrons. The Bertz CT molecular complexity index is 210. The Labute approximate surface area is 101 Å². The Balaban J connectivity index is 0.000000183. The zero-order valence-electron chi connectivity index (χ0n) is 8.14. The number of rotatable bonds is 1. The molecule has 0 aliphatic rings. The van der Waals surface area contributed by atoms with Crippen molar-refractivity contribution in [3.63, 3.8) is 0 Å². The molecular weight excluding hydrogens is 247 g/mol. The first-order valence-corrected chi connectivity index (χ1v) is 5.78. The van der Waals surface area contributed by atoms with Crippen LogP contribution in [-0.2, 0) is 24.2 Å². The van der Waals surface area contributed by atoms with Crippen molar-refractivity contribution in [1.82, 2.24) is 0 Å². The summed E-state index contributed by atoms with van der Waals surface area (Å²) in [5, 5.41) is 0. The summed E-state index contributed by atoms with van der Waals surface area (Å²) in [6.07, 6.45) is 1.79. The smallest absolute Gasteiger partial charge is 0.172 e. The van der Waals surface area contributed by atoms with E-state index in [1.165, 1.54) is 24.2 Å². The van der Waals surface area contributed by atoms with Crippen LogP contribution < -0.4 is 0 Å². The number of hydrogen-bond donors (Lipinski definition) is 0. The van der Waals surface area contributed by atoms with Crippen molar-refractivity contribution in [1.29, 1.82) is 0 Å². The van der Waals surface area contributed by atoms with Crippen LogP contribution in [0.15, 0.2) is 73.3 Å². The van der Waals surface area contributed by atoms with Gasteiger partial charge in [-0.15, -0.1) is 0 Å². The minimum atomic E-state index is 1.43. The predicted molar refractivity (Wildman–Crippen MR) is 60.3 cm³/mol. The molecule has 70 valence electrons. The van der Waals surface area contributed by atoms with Crippen LogP contribution >= 0.6 is 0 Å². The van der Waals surface area contributed by atoms with Crippen molar-refractivity contribution < 1.29 is 24.2 Å². The fraction of sp³-hybridized carbons (Fsp3) is 0. The van der Waals surface area contributed by atoms with Crippen LogP contribution in [0.1, 0.15) is 0 Å². The van der Waals surface area contributed by atoms with Crippen molar-refractivity contribution in [2.45, 2.75) is 0 Å². The maximum absolute atomic E-state index is 3.45. The van der Waals surface area contributed by atoms with Gasteiger partial charge in [0.15, 0.2) is 0 Å². The average Bonchev–Trinajstić information content (AvgIpc) is 2.94. The van der Waals surface area contributed by atoms with Gasteiger partial charge in [-0.1, -0.05) is 0 Å². The Morgan fingerprint density at radius 1 is 0.857 bits per heavy atom. The molecule has 2 aromatic carbocycles. The minimum Gasteiger partial charge on any atom is -0.214 e. The third kappa shape index (κ3) is 11.2. The monoisotopic (exact) mass is 260 g/mol. The predicted octanol–water partition coefficient (Wildman–Crippen LogP) is 3.33. The number of allylic oxidation sites excluding steroid dienone is 1. The minimum absolute atomic E-state index is 1.43. The van der Waals surface area contributed by atoms with Gasteiger partial charge in [0.05, 0.1) is 0 Å². The summed E-state index contributed by atoms with van der Waals surface area (Å²) < 4.78 is 1.98. The van der Waals surface area contributed by atoms with Gasteiger partial charge in [-0.3, -0.25) is 0 Å². The maximum Gasteiger partial charge on any atom is -0.172 e. The second kappa shape index (κ2) is 12.2. The van der Waals surface area contributed by atoms with Gasteiger partial charge in [0.2, 0.25) is 0 Å². The SMILES string of the molecule is C=C[CH]=[Zr+2].c1cc[cH-]c1.c1cc[cH-]c1. The van der Waals surface area contributed by atoms with E-state index in [0.29, 0.717) is 0 Å². The van der Waals surface area contributed by atoms with Gasteiger partial charge in [0.1, 0.15) is 0 Å². The van der Waals surface area contributed by atoms with Gasteiger partial charge in [-0.05, 0) is 0 Å². The zero-order chi connectivity index (χ0) is 10.5. The quantitative estimate of drug-likeness (QED) is 0.691. The molecule has 0 spiro atoms. The fourth-order valence-electron chi connectivity index (χ4n) is 0.642. The standard InChI is InChI=1S/2C5H5.C3H4.Zr/c2*1-2-4-5-3-1;1-3-2;/h2*1-5H;1,3H,2H2;/q2*-1;;+2.